The second kappa shape index (κ2) is 4.99. The number of carbonyl (C=O) groups excluding carboxylic acids is 2. The molecule has 0 radical (unpaired) electrons. The molecule has 0 heterocycles. The van der Waals surface area contributed by atoms with Crippen LogP contribution in [0.25, 0.3) is 0 Å². The van der Waals surface area contributed by atoms with Gasteiger partial charge in [0.15, 0.2) is 11.6 Å². The molecule has 100 valence electrons. The number of halogens is 3. The Morgan fingerprint density at radius 2 is 1.79 bits per heavy atom. The summed E-state index contributed by atoms with van der Waals surface area (Å²) in [6, 6.07) is 7.80. The van der Waals surface area contributed by atoms with Crippen LogP contribution in [-0.2, 0) is 4.79 Å². The minimum Gasteiger partial charge on any atom is -0.295 e. The second-order valence-electron chi connectivity index (χ2n) is 4.43. The van der Waals surface area contributed by atoms with Gasteiger partial charge in [-0.25, -0.2) is 0 Å². The van der Waals surface area contributed by atoms with Crippen molar-refractivity contribution in [2.24, 2.45) is 11.8 Å². The fraction of sp³-hybridized carbons (Fsp3) is 0.286. The van der Waals surface area contributed by atoms with Crippen LogP contribution in [0.1, 0.15) is 16.8 Å². The van der Waals surface area contributed by atoms with E-state index in [1.165, 1.54) is 12.1 Å². The van der Waals surface area contributed by atoms with Crippen LogP contribution in [0.5, 0.6) is 0 Å². The van der Waals surface area contributed by atoms with Crippen LogP contribution in [0.4, 0.5) is 13.2 Å². The number of carbonyl (C=O) groups is 2. The SMILES string of the molecule is O=C1C=C[C@H](C(=O)c2ccccc2)[C@@H](C(F)(F)F)C1. The molecule has 0 fully saturated rings. The summed E-state index contributed by atoms with van der Waals surface area (Å²) >= 11 is 0. The molecule has 2 nitrogen and oxygen atoms in total. The number of allylic oxidation sites excluding steroid dienone is 2. The predicted molar refractivity (Wildman–Crippen MR) is 62.6 cm³/mol. The van der Waals surface area contributed by atoms with Gasteiger partial charge in [0.2, 0.25) is 0 Å². The quantitative estimate of drug-likeness (QED) is 0.772. The summed E-state index contributed by atoms with van der Waals surface area (Å²) < 4.78 is 38.7. The van der Waals surface area contributed by atoms with Gasteiger partial charge in [0.25, 0.3) is 0 Å². The Bertz CT molecular complexity index is 517. The van der Waals surface area contributed by atoms with Crippen molar-refractivity contribution in [1.82, 2.24) is 0 Å². The van der Waals surface area contributed by atoms with E-state index >= 15 is 0 Å². The minimum atomic E-state index is -4.56. The lowest BCUT2D eigenvalue weighted by molar-refractivity contribution is -0.184. The molecule has 1 aromatic carbocycles. The standard InChI is InChI=1S/C14H11F3O2/c15-14(16,17)12-8-10(18)6-7-11(12)13(19)9-4-2-1-3-5-9/h1-7,11-12H,8H2/t11-,12-/m0/s1. The molecule has 0 N–H and O–H groups in total. The van der Waals surface area contributed by atoms with Gasteiger partial charge < -0.3 is 0 Å². The lowest BCUT2D eigenvalue weighted by Gasteiger charge is -2.27. The minimum absolute atomic E-state index is 0.223. The number of Topliss-reactive ketones (excluding diaryl/α,β-unsaturated/α-hetero) is 1. The molecular formula is C14H11F3O2. The molecule has 2 atom stereocenters. The van der Waals surface area contributed by atoms with E-state index in [-0.39, 0.29) is 5.56 Å². The summed E-state index contributed by atoms with van der Waals surface area (Å²) in [7, 11) is 0. The van der Waals surface area contributed by atoms with Gasteiger partial charge in [-0.15, -0.1) is 0 Å². The lowest BCUT2D eigenvalue weighted by atomic mass is 9.78. The van der Waals surface area contributed by atoms with Gasteiger partial charge in [-0.05, 0) is 6.08 Å². The van der Waals surface area contributed by atoms with Crippen molar-refractivity contribution in [1.29, 1.82) is 0 Å². The van der Waals surface area contributed by atoms with Gasteiger partial charge in [0.1, 0.15) is 0 Å². The third-order valence-corrected chi connectivity index (χ3v) is 3.13. The summed E-state index contributed by atoms with van der Waals surface area (Å²) in [5.41, 5.74) is 0.223. The maximum Gasteiger partial charge on any atom is 0.393 e. The van der Waals surface area contributed by atoms with Gasteiger partial charge in [0.05, 0.1) is 11.8 Å². The topological polar surface area (TPSA) is 34.1 Å². The van der Waals surface area contributed by atoms with Gasteiger partial charge in [-0.1, -0.05) is 36.4 Å². The van der Waals surface area contributed by atoms with Crippen LogP contribution in [0.3, 0.4) is 0 Å². The van der Waals surface area contributed by atoms with E-state index in [4.69, 9.17) is 0 Å². The van der Waals surface area contributed by atoms with E-state index in [0.29, 0.717) is 0 Å². The van der Waals surface area contributed by atoms with E-state index in [0.717, 1.165) is 12.2 Å². The van der Waals surface area contributed by atoms with E-state index in [1.807, 2.05) is 0 Å². The zero-order valence-corrected chi connectivity index (χ0v) is 9.85. The van der Waals surface area contributed by atoms with Gasteiger partial charge in [0, 0.05) is 12.0 Å². The van der Waals surface area contributed by atoms with Crippen LogP contribution in [0, 0.1) is 11.8 Å². The van der Waals surface area contributed by atoms with Crippen molar-refractivity contribution in [3.8, 4) is 0 Å². The number of ketones is 2. The average molecular weight is 268 g/mol. The lowest BCUT2D eigenvalue weighted by Crippen LogP contribution is -2.37. The highest BCUT2D eigenvalue weighted by Crippen LogP contribution is 2.39. The Kier molecular flexibility index (Phi) is 3.55. The second-order valence-corrected chi connectivity index (χ2v) is 4.43. The first-order chi connectivity index (χ1) is 8.89. The van der Waals surface area contributed by atoms with E-state index < -0.39 is 36.0 Å². The van der Waals surface area contributed by atoms with Crippen LogP contribution >= 0.6 is 0 Å². The highest BCUT2D eigenvalue weighted by atomic mass is 19.4. The Hall–Kier alpha value is -1.91. The number of hydrogen-bond donors (Lipinski definition) is 0. The molecule has 0 amide bonds. The molecule has 0 unspecified atom stereocenters. The Balaban J connectivity index is 2.33. The summed E-state index contributed by atoms with van der Waals surface area (Å²) in [6.07, 6.45) is -3.09. The van der Waals surface area contributed by atoms with Crippen LogP contribution < -0.4 is 0 Å². The number of rotatable bonds is 2. The maximum absolute atomic E-state index is 12.9. The zero-order chi connectivity index (χ0) is 14.0. The average Bonchev–Trinajstić information content (AvgIpc) is 2.38. The number of hydrogen-bond acceptors (Lipinski definition) is 2. The van der Waals surface area contributed by atoms with Gasteiger partial charge in [-0.2, -0.15) is 13.2 Å². The van der Waals surface area contributed by atoms with E-state index in [9.17, 15) is 22.8 Å². The van der Waals surface area contributed by atoms with Crippen LogP contribution in [0.15, 0.2) is 42.5 Å². The Morgan fingerprint density at radius 3 is 2.37 bits per heavy atom. The summed E-state index contributed by atoms with van der Waals surface area (Å²) in [5, 5.41) is 0. The normalized spacial score (nSPS) is 23.4. The molecule has 1 aliphatic carbocycles. The van der Waals surface area contributed by atoms with E-state index in [2.05, 4.69) is 0 Å². The van der Waals surface area contributed by atoms with E-state index in [1.54, 1.807) is 18.2 Å². The smallest absolute Gasteiger partial charge is 0.295 e. The molecule has 0 bridgehead atoms. The molecule has 0 spiro atoms. The summed E-state index contributed by atoms with van der Waals surface area (Å²) in [6.45, 7) is 0. The van der Waals surface area contributed by atoms with Gasteiger partial charge >= 0.3 is 6.18 Å². The van der Waals surface area contributed by atoms with Crippen molar-refractivity contribution in [2.45, 2.75) is 12.6 Å². The maximum atomic E-state index is 12.9. The molecular weight excluding hydrogens is 257 g/mol. The Morgan fingerprint density at radius 1 is 1.16 bits per heavy atom. The molecule has 0 aliphatic heterocycles. The fourth-order valence-electron chi connectivity index (χ4n) is 2.14. The molecule has 0 saturated heterocycles. The van der Waals surface area contributed by atoms with Crippen molar-refractivity contribution in [2.75, 3.05) is 0 Å². The number of benzene rings is 1. The largest absolute Gasteiger partial charge is 0.393 e. The highest BCUT2D eigenvalue weighted by Gasteiger charge is 2.48. The Labute approximate surface area is 107 Å². The monoisotopic (exact) mass is 268 g/mol. The van der Waals surface area contributed by atoms with Crippen molar-refractivity contribution in [3.63, 3.8) is 0 Å². The molecule has 2 rings (SSSR count). The first-order valence-corrected chi connectivity index (χ1v) is 5.76. The van der Waals surface area contributed by atoms with Crippen molar-refractivity contribution >= 4 is 11.6 Å². The third kappa shape index (κ3) is 2.92. The van der Waals surface area contributed by atoms with Crippen molar-refractivity contribution in [3.05, 3.63) is 48.0 Å². The number of alkyl halides is 3. The van der Waals surface area contributed by atoms with Crippen LogP contribution in [-0.4, -0.2) is 17.7 Å². The predicted octanol–water partition coefficient (Wildman–Crippen LogP) is 3.19. The molecule has 19 heavy (non-hydrogen) atoms. The molecule has 0 saturated carbocycles. The van der Waals surface area contributed by atoms with Gasteiger partial charge in [-0.3, -0.25) is 9.59 Å². The molecule has 0 aromatic heterocycles. The van der Waals surface area contributed by atoms with Crippen molar-refractivity contribution < 1.29 is 22.8 Å². The summed E-state index contributed by atoms with van der Waals surface area (Å²) in [5.74, 6) is -4.45. The molecule has 1 aromatic rings. The third-order valence-electron chi connectivity index (χ3n) is 3.13. The summed E-state index contributed by atoms with van der Waals surface area (Å²) in [4.78, 5) is 23.2. The van der Waals surface area contributed by atoms with Crippen LogP contribution in [0.2, 0.25) is 0 Å². The first-order valence-electron chi connectivity index (χ1n) is 5.76. The fourth-order valence-corrected chi connectivity index (χ4v) is 2.14. The highest BCUT2D eigenvalue weighted by molar-refractivity contribution is 6.02. The zero-order valence-electron chi connectivity index (χ0n) is 9.85. The first kappa shape index (κ1) is 13.5. The molecule has 5 heteroatoms. The molecule has 1 aliphatic rings.